The number of rotatable bonds is 3. The fraction of sp³-hybridized carbons (Fsp3) is 0.938. The zero-order valence-corrected chi connectivity index (χ0v) is 13.6. The van der Waals surface area contributed by atoms with Gasteiger partial charge < -0.3 is 10.6 Å². The van der Waals surface area contributed by atoms with Gasteiger partial charge >= 0.3 is 0 Å². The molecule has 2 bridgehead atoms. The van der Waals surface area contributed by atoms with Gasteiger partial charge in [-0.2, -0.15) is 0 Å². The van der Waals surface area contributed by atoms with Crippen molar-refractivity contribution >= 4 is 5.96 Å². The SMILES string of the molecule is CN=C(NCC1CN2CCN1CC2)NC1CCCC(C)C1. The number of fused-ring (bicyclic) bond motifs is 3. The molecular formula is C16H31N5. The summed E-state index contributed by atoms with van der Waals surface area (Å²) < 4.78 is 0. The second-order valence-electron chi connectivity index (χ2n) is 7.06. The highest BCUT2D eigenvalue weighted by atomic mass is 15.4. The maximum atomic E-state index is 4.42. The van der Waals surface area contributed by atoms with Gasteiger partial charge in [-0.1, -0.05) is 19.8 Å². The first-order valence-corrected chi connectivity index (χ1v) is 8.68. The molecule has 0 aromatic rings. The van der Waals surface area contributed by atoms with Gasteiger partial charge in [-0.3, -0.25) is 14.8 Å². The number of nitrogens with zero attached hydrogens (tertiary/aromatic N) is 3. The van der Waals surface area contributed by atoms with Crippen LogP contribution in [0.2, 0.25) is 0 Å². The van der Waals surface area contributed by atoms with E-state index in [0.717, 1.165) is 18.4 Å². The molecule has 21 heavy (non-hydrogen) atoms. The Morgan fingerprint density at radius 2 is 2.00 bits per heavy atom. The monoisotopic (exact) mass is 293 g/mol. The summed E-state index contributed by atoms with van der Waals surface area (Å²) in [6, 6.07) is 1.25. The van der Waals surface area contributed by atoms with Crippen molar-refractivity contribution in [3.8, 4) is 0 Å². The van der Waals surface area contributed by atoms with Crippen molar-refractivity contribution in [1.82, 2.24) is 20.4 Å². The van der Waals surface area contributed by atoms with E-state index >= 15 is 0 Å². The average Bonchev–Trinajstić information content (AvgIpc) is 2.52. The normalized spacial score (nSPS) is 40.1. The molecule has 5 heteroatoms. The summed E-state index contributed by atoms with van der Waals surface area (Å²) in [5, 5.41) is 7.18. The van der Waals surface area contributed by atoms with Gasteiger partial charge in [0, 0.05) is 58.4 Å². The summed E-state index contributed by atoms with van der Waals surface area (Å²) in [5.41, 5.74) is 0. The first-order chi connectivity index (χ1) is 10.2. The molecule has 1 saturated carbocycles. The number of hydrogen-bond acceptors (Lipinski definition) is 3. The van der Waals surface area contributed by atoms with Crippen molar-refractivity contribution in [3.63, 3.8) is 0 Å². The number of aliphatic imine (C=N–C) groups is 1. The van der Waals surface area contributed by atoms with Gasteiger partial charge in [0.25, 0.3) is 0 Å². The fourth-order valence-corrected chi connectivity index (χ4v) is 4.09. The molecule has 4 fully saturated rings. The third-order valence-corrected chi connectivity index (χ3v) is 5.40. The van der Waals surface area contributed by atoms with Crippen LogP contribution in [-0.2, 0) is 0 Å². The Balaban J connectivity index is 1.44. The van der Waals surface area contributed by atoms with Crippen molar-refractivity contribution in [2.45, 2.75) is 44.7 Å². The molecule has 3 heterocycles. The zero-order chi connectivity index (χ0) is 14.7. The predicted octanol–water partition coefficient (Wildman–Crippen LogP) is 0.730. The molecule has 0 amide bonds. The van der Waals surface area contributed by atoms with Crippen LogP contribution in [0.25, 0.3) is 0 Å². The highest BCUT2D eigenvalue weighted by molar-refractivity contribution is 5.80. The number of piperazine rings is 3. The molecule has 0 aromatic heterocycles. The lowest BCUT2D eigenvalue weighted by Gasteiger charge is -2.47. The van der Waals surface area contributed by atoms with E-state index in [1.165, 1.54) is 58.4 Å². The Morgan fingerprint density at radius 1 is 1.19 bits per heavy atom. The molecule has 0 radical (unpaired) electrons. The summed E-state index contributed by atoms with van der Waals surface area (Å²) in [5.74, 6) is 1.84. The highest BCUT2D eigenvalue weighted by Gasteiger charge is 2.31. The molecule has 3 saturated heterocycles. The minimum absolute atomic E-state index is 0.604. The Labute approximate surface area is 129 Å². The minimum atomic E-state index is 0.604. The second kappa shape index (κ2) is 6.97. The van der Waals surface area contributed by atoms with Gasteiger partial charge in [-0.15, -0.1) is 0 Å². The maximum Gasteiger partial charge on any atom is 0.191 e. The number of nitrogens with one attached hydrogen (secondary N) is 2. The van der Waals surface area contributed by atoms with Crippen molar-refractivity contribution in [2.24, 2.45) is 10.9 Å². The Hall–Kier alpha value is -0.810. The first kappa shape index (κ1) is 15.1. The van der Waals surface area contributed by atoms with E-state index < -0.39 is 0 Å². The molecule has 5 nitrogen and oxygen atoms in total. The molecule has 3 atom stereocenters. The second-order valence-corrected chi connectivity index (χ2v) is 7.06. The summed E-state index contributed by atoms with van der Waals surface area (Å²) >= 11 is 0. The van der Waals surface area contributed by atoms with Crippen LogP contribution in [0.15, 0.2) is 4.99 Å². The topological polar surface area (TPSA) is 42.9 Å². The average molecular weight is 293 g/mol. The van der Waals surface area contributed by atoms with Gasteiger partial charge in [-0.05, 0) is 18.8 Å². The Bertz CT molecular complexity index is 362. The fourth-order valence-electron chi connectivity index (χ4n) is 4.09. The van der Waals surface area contributed by atoms with E-state index in [1.807, 2.05) is 7.05 Å². The van der Waals surface area contributed by atoms with Gasteiger partial charge in [0.15, 0.2) is 5.96 Å². The van der Waals surface area contributed by atoms with Crippen molar-refractivity contribution < 1.29 is 0 Å². The molecule has 120 valence electrons. The Kier molecular flexibility index (Phi) is 5.01. The summed E-state index contributed by atoms with van der Waals surface area (Å²) in [6.45, 7) is 9.57. The van der Waals surface area contributed by atoms with E-state index in [0.29, 0.717) is 12.1 Å². The first-order valence-electron chi connectivity index (χ1n) is 8.68. The van der Waals surface area contributed by atoms with E-state index in [-0.39, 0.29) is 0 Å². The van der Waals surface area contributed by atoms with Gasteiger partial charge in [-0.25, -0.2) is 0 Å². The predicted molar refractivity (Wildman–Crippen MR) is 87.7 cm³/mol. The molecular weight excluding hydrogens is 262 g/mol. The van der Waals surface area contributed by atoms with Crippen LogP contribution < -0.4 is 10.6 Å². The number of hydrogen-bond donors (Lipinski definition) is 2. The lowest BCUT2D eigenvalue weighted by atomic mass is 9.87. The molecule has 4 aliphatic rings. The van der Waals surface area contributed by atoms with Crippen LogP contribution in [0.4, 0.5) is 0 Å². The smallest absolute Gasteiger partial charge is 0.191 e. The van der Waals surface area contributed by atoms with Crippen LogP contribution in [0, 0.1) is 5.92 Å². The minimum Gasteiger partial charge on any atom is -0.355 e. The largest absolute Gasteiger partial charge is 0.355 e. The van der Waals surface area contributed by atoms with Crippen LogP contribution in [0.1, 0.15) is 32.6 Å². The van der Waals surface area contributed by atoms with E-state index in [1.54, 1.807) is 0 Å². The van der Waals surface area contributed by atoms with Crippen LogP contribution in [0.5, 0.6) is 0 Å². The molecule has 4 rings (SSSR count). The van der Waals surface area contributed by atoms with E-state index in [2.05, 4.69) is 32.3 Å². The quantitative estimate of drug-likeness (QED) is 0.595. The van der Waals surface area contributed by atoms with E-state index in [4.69, 9.17) is 0 Å². The lowest BCUT2D eigenvalue weighted by Crippen LogP contribution is -2.64. The third kappa shape index (κ3) is 3.89. The van der Waals surface area contributed by atoms with E-state index in [9.17, 15) is 0 Å². The van der Waals surface area contributed by atoms with Crippen LogP contribution in [-0.4, -0.2) is 74.2 Å². The standard InChI is InChI=1S/C16H31N5/c1-13-4-3-5-14(10-13)19-16(17-2)18-11-15-12-20-6-8-21(15)9-7-20/h13-15H,3-12H2,1-2H3,(H2,17,18,19). The Morgan fingerprint density at radius 3 is 2.62 bits per heavy atom. The molecule has 0 spiro atoms. The molecule has 0 aromatic carbocycles. The summed E-state index contributed by atoms with van der Waals surface area (Å²) in [7, 11) is 1.89. The van der Waals surface area contributed by atoms with Gasteiger partial charge in [0.2, 0.25) is 0 Å². The highest BCUT2D eigenvalue weighted by Crippen LogP contribution is 2.23. The van der Waals surface area contributed by atoms with Crippen molar-refractivity contribution in [1.29, 1.82) is 0 Å². The maximum absolute atomic E-state index is 4.42. The molecule has 3 unspecified atom stereocenters. The third-order valence-electron chi connectivity index (χ3n) is 5.40. The summed E-state index contributed by atoms with van der Waals surface area (Å²) in [6.07, 6.45) is 5.30. The molecule has 3 aliphatic heterocycles. The molecule has 2 N–H and O–H groups in total. The van der Waals surface area contributed by atoms with Crippen LogP contribution in [0.3, 0.4) is 0 Å². The summed E-state index contributed by atoms with van der Waals surface area (Å²) in [4.78, 5) is 9.63. The van der Waals surface area contributed by atoms with Crippen molar-refractivity contribution in [3.05, 3.63) is 0 Å². The van der Waals surface area contributed by atoms with Crippen LogP contribution >= 0.6 is 0 Å². The lowest BCUT2D eigenvalue weighted by molar-refractivity contribution is 0.0154. The number of guanidine groups is 1. The van der Waals surface area contributed by atoms with Crippen molar-refractivity contribution in [2.75, 3.05) is 46.3 Å². The molecule has 1 aliphatic carbocycles. The zero-order valence-electron chi connectivity index (χ0n) is 13.6. The van der Waals surface area contributed by atoms with Gasteiger partial charge in [0.05, 0.1) is 0 Å². The van der Waals surface area contributed by atoms with Gasteiger partial charge in [0.1, 0.15) is 0 Å².